The van der Waals surface area contributed by atoms with Gasteiger partial charge in [-0.25, -0.2) is 12.8 Å². The van der Waals surface area contributed by atoms with E-state index in [0.717, 1.165) is 31.4 Å². The normalized spacial score (nSPS) is 19.8. The van der Waals surface area contributed by atoms with Crippen LogP contribution in [-0.4, -0.2) is 51.0 Å². The van der Waals surface area contributed by atoms with Gasteiger partial charge in [-0.1, -0.05) is 12.8 Å². The van der Waals surface area contributed by atoms with E-state index in [1.807, 2.05) is 0 Å². The van der Waals surface area contributed by atoms with Gasteiger partial charge in [0.2, 0.25) is 15.9 Å². The Kier molecular flexibility index (Phi) is 7.42. The maximum Gasteiger partial charge on any atom is 0.243 e. The van der Waals surface area contributed by atoms with Gasteiger partial charge in [0.15, 0.2) is 0 Å². The summed E-state index contributed by atoms with van der Waals surface area (Å²) in [5.74, 6) is -0.655. The number of carbonyl (C=O) groups excluding carboxylic acids is 1. The molecule has 1 aliphatic heterocycles. The molecule has 1 saturated heterocycles. The Bertz CT molecular complexity index is 740. The highest BCUT2D eigenvalue weighted by molar-refractivity contribution is 7.89. The molecule has 0 aromatic heterocycles. The van der Waals surface area contributed by atoms with E-state index >= 15 is 0 Å². The molecule has 28 heavy (non-hydrogen) atoms. The first-order valence-electron chi connectivity index (χ1n) is 10.1. The number of amides is 1. The lowest BCUT2D eigenvalue weighted by molar-refractivity contribution is -0.126. The molecule has 1 saturated carbocycles. The van der Waals surface area contributed by atoms with Crippen LogP contribution in [-0.2, 0) is 19.6 Å². The summed E-state index contributed by atoms with van der Waals surface area (Å²) in [4.78, 5) is 12.4. The lowest BCUT2D eigenvalue weighted by atomic mass is 9.97. The Morgan fingerprint density at radius 1 is 1.11 bits per heavy atom. The molecule has 0 unspecified atom stereocenters. The van der Waals surface area contributed by atoms with Gasteiger partial charge in [-0.3, -0.25) is 4.79 Å². The number of hydrogen-bond donors (Lipinski definition) is 1. The van der Waals surface area contributed by atoms with Crippen LogP contribution >= 0.6 is 0 Å². The highest BCUT2D eigenvalue weighted by Gasteiger charge is 2.32. The van der Waals surface area contributed by atoms with Gasteiger partial charge in [-0.05, 0) is 56.4 Å². The molecule has 1 aromatic carbocycles. The summed E-state index contributed by atoms with van der Waals surface area (Å²) in [6.45, 7) is 1.84. The molecule has 1 aromatic rings. The van der Waals surface area contributed by atoms with Gasteiger partial charge in [0.05, 0.1) is 11.0 Å². The molecule has 8 heteroatoms. The van der Waals surface area contributed by atoms with Crippen molar-refractivity contribution < 1.29 is 22.3 Å². The number of sulfonamides is 1. The van der Waals surface area contributed by atoms with Crippen LogP contribution in [0.15, 0.2) is 29.2 Å². The van der Waals surface area contributed by atoms with Crippen LogP contribution in [0.4, 0.5) is 4.39 Å². The number of carbonyl (C=O) groups is 1. The maximum atomic E-state index is 13.0. The SMILES string of the molecule is O=C(NCCCOC1CCCC1)C1CCN(S(=O)(=O)c2ccc(F)cc2)CC1. The second kappa shape index (κ2) is 9.80. The van der Waals surface area contributed by atoms with Crippen LogP contribution in [0.25, 0.3) is 0 Å². The molecule has 3 rings (SSSR count). The van der Waals surface area contributed by atoms with Gasteiger partial charge < -0.3 is 10.1 Å². The van der Waals surface area contributed by atoms with Crippen molar-refractivity contribution in [3.63, 3.8) is 0 Å². The van der Waals surface area contributed by atoms with Crippen molar-refractivity contribution in [3.8, 4) is 0 Å². The first-order valence-corrected chi connectivity index (χ1v) is 11.6. The number of benzene rings is 1. The number of nitrogens with zero attached hydrogens (tertiary/aromatic N) is 1. The zero-order chi connectivity index (χ0) is 20.0. The first kappa shape index (κ1) is 21.2. The lowest BCUT2D eigenvalue weighted by Gasteiger charge is -2.30. The Labute approximate surface area is 166 Å². The number of nitrogens with one attached hydrogen (secondary N) is 1. The van der Waals surface area contributed by atoms with Crippen molar-refractivity contribution in [2.75, 3.05) is 26.2 Å². The monoisotopic (exact) mass is 412 g/mol. The summed E-state index contributed by atoms with van der Waals surface area (Å²) in [6, 6.07) is 4.83. The van der Waals surface area contributed by atoms with E-state index in [1.54, 1.807) is 0 Å². The zero-order valence-corrected chi connectivity index (χ0v) is 16.9. The summed E-state index contributed by atoms with van der Waals surface area (Å²) in [5.41, 5.74) is 0. The quantitative estimate of drug-likeness (QED) is 0.666. The molecule has 1 heterocycles. The number of piperidine rings is 1. The summed E-state index contributed by atoms with van der Waals surface area (Å²) >= 11 is 0. The molecule has 1 N–H and O–H groups in total. The molecule has 0 spiro atoms. The molecule has 0 atom stereocenters. The van der Waals surface area contributed by atoms with Crippen molar-refractivity contribution in [1.82, 2.24) is 9.62 Å². The maximum absolute atomic E-state index is 13.0. The van der Waals surface area contributed by atoms with Crippen LogP contribution in [0.2, 0.25) is 0 Å². The summed E-state index contributed by atoms with van der Waals surface area (Å²) in [6.07, 6.45) is 6.95. The lowest BCUT2D eigenvalue weighted by Crippen LogP contribution is -2.43. The molecular formula is C20H29FN2O4S. The Morgan fingerprint density at radius 2 is 1.75 bits per heavy atom. The predicted molar refractivity (Wildman–Crippen MR) is 104 cm³/mol. The highest BCUT2D eigenvalue weighted by atomic mass is 32.2. The molecule has 0 bridgehead atoms. The van der Waals surface area contributed by atoms with Crippen molar-refractivity contribution in [3.05, 3.63) is 30.1 Å². The van der Waals surface area contributed by atoms with E-state index in [4.69, 9.17) is 4.74 Å². The molecule has 1 amide bonds. The van der Waals surface area contributed by atoms with E-state index in [9.17, 15) is 17.6 Å². The van der Waals surface area contributed by atoms with Crippen LogP contribution < -0.4 is 5.32 Å². The van der Waals surface area contributed by atoms with Gasteiger partial charge in [-0.15, -0.1) is 0 Å². The topological polar surface area (TPSA) is 75.7 Å². The summed E-state index contributed by atoms with van der Waals surface area (Å²) < 4.78 is 45.4. The van der Waals surface area contributed by atoms with Gasteiger partial charge >= 0.3 is 0 Å². The Hall–Kier alpha value is -1.51. The fourth-order valence-corrected chi connectivity index (χ4v) is 5.32. The van der Waals surface area contributed by atoms with Crippen molar-refractivity contribution in [1.29, 1.82) is 0 Å². The third kappa shape index (κ3) is 5.52. The van der Waals surface area contributed by atoms with Crippen LogP contribution in [0, 0.1) is 11.7 Å². The van der Waals surface area contributed by atoms with Crippen molar-refractivity contribution in [2.45, 2.75) is 55.9 Å². The Balaban J connectivity index is 1.38. The number of hydrogen-bond acceptors (Lipinski definition) is 4. The average Bonchev–Trinajstić information content (AvgIpc) is 3.21. The van der Waals surface area contributed by atoms with E-state index in [0.29, 0.717) is 45.2 Å². The van der Waals surface area contributed by atoms with Gasteiger partial charge in [0, 0.05) is 32.2 Å². The standard InChI is InChI=1S/C20H29FN2O4S/c21-17-6-8-19(9-7-17)28(25,26)23-13-10-16(11-14-23)20(24)22-12-3-15-27-18-4-1-2-5-18/h6-9,16,18H,1-5,10-15H2,(H,22,24). The van der Waals surface area contributed by atoms with Crippen LogP contribution in [0.5, 0.6) is 0 Å². The van der Waals surface area contributed by atoms with E-state index < -0.39 is 15.8 Å². The van der Waals surface area contributed by atoms with Crippen molar-refractivity contribution in [2.24, 2.45) is 5.92 Å². The Morgan fingerprint density at radius 3 is 2.39 bits per heavy atom. The third-order valence-electron chi connectivity index (χ3n) is 5.55. The first-order chi connectivity index (χ1) is 13.5. The molecule has 0 radical (unpaired) electrons. The van der Waals surface area contributed by atoms with E-state index in [2.05, 4.69) is 5.32 Å². The molecule has 156 valence electrons. The van der Waals surface area contributed by atoms with E-state index in [1.165, 1.54) is 29.3 Å². The molecular weight excluding hydrogens is 383 g/mol. The number of ether oxygens (including phenoxy) is 1. The average molecular weight is 413 g/mol. The second-order valence-corrected chi connectivity index (χ2v) is 9.49. The smallest absolute Gasteiger partial charge is 0.243 e. The fraction of sp³-hybridized carbons (Fsp3) is 0.650. The van der Waals surface area contributed by atoms with Crippen LogP contribution in [0.3, 0.4) is 0 Å². The second-order valence-electron chi connectivity index (χ2n) is 7.55. The molecule has 2 aliphatic rings. The highest BCUT2D eigenvalue weighted by Crippen LogP contribution is 2.24. The summed E-state index contributed by atoms with van der Waals surface area (Å²) in [7, 11) is -3.64. The fourth-order valence-electron chi connectivity index (χ4n) is 3.85. The van der Waals surface area contributed by atoms with Crippen molar-refractivity contribution >= 4 is 15.9 Å². The van der Waals surface area contributed by atoms with Gasteiger partial charge in [0.25, 0.3) is 0 Å². The predicted octanol–water partition coefficient (Wildman–Crippen LogP) is 2.69. The minimum absolute atomic E-state index is 0.0142. The largest absolute Gasteiger partial charge is 0.378 e. The van der Waals surface area contributed by atoms with Gasteiger partial charge in [0.1, 0.15) is 5.82 Å². The molecule has 6 nitrogen and oxygen atoms in total. The number of rotatable bonds is 8. The zero-order valence-electron chi connectivity index (χ0n) is 16.1. The molecule has 1 aliphatic carbocycles. The van der Waals surface area contributed by atoms with Crippen LogP contribution in [0.1, 0.15) is 44.9 Å². The number of halogens is 1. The molecule has 2 fully saturated rings. The van der Waals surface area contributed by atoms with Gasteiger partial charge in [-0.2, -0.15) is 4.31 Å². The summed E-state index contributed by atoms with van der Waals surface area (Å²) in [5, 5.41) is 2.94. The minimum Gasteiger partial charge on any atom is -0.378 e. The van der Waals surface area contributed by atoms with E-state index in [-0.39, 0.29) is 16.7 Å². The third-order valence-corrected chi connectivity index (χ3v) is 7.47. The minimum atomic E-state index is -3.64.